The number of hydrogen-bond acceptors (Lipinski definition) is 5. The summed E-state index contributed by atoms with van der Waals surface area (Å²) in [6.45, 7) is 6.01. The van der Waals surface area contributed by atoms with Gasteiger partial charge in [0.25, 0.3) is 5.91 Å². The minimum Gasteiger partial charge on any atom is -0.497 e. The number of hydrogen-bond donors (Lipinski definition) is 2. The first-order chi connectivity index (χ1) is 14.0. The van der Waals surface area contributed by atoms with Crippen LogP contribution in [0.25, 0.3) is 0 Å². The lowest BCUT2D eigenvalue weighted by Crippen LogP contribution is -3.12. The van der Waals surface area contributed by atoms with E-state index in [9.17, 15) is 9.59 Å². The van der Waals surface area contributed by atoms with Crippen LogP contribution in [-0.4, -0.2) is 51.4 Å². The van der Waals surface area contributed by atoms with Crippen LogP contribution in [0.2, 0.25) is 0 Å². The quantitative estimate of drug-likeness (QED) is 0.686. The van der Waals surface area contributed by atoms with Gasteiger partial charge in [-0.05, 0) is 43.3 Å². The third-order valence-electron chi connectivity index (χ3n) is 4.85. The molecule has 2 N–H and O–H groups in total. The van der Waals surface area contributed by atoms with Crippen molar-refractivity contribution in [2.75, 3.05) is 38.7 Å². The first-order valence-corrected chi connectivity index (χ1v) is 9.71. The fraction of sp³-hybridized carbons (Fsp3) is 0.364. The summed E-state index contributed by atoms with van der Waals surface area (Å²) in [5, 5.41) is 2.72. The maximum Gasteiger partial charge on any atom is 0.338 e. The number of benzene rings is 2. The zero-order valence-corrected chi connectivity index (χ0v) is 16.8. The van der Waals surface area contributed by atoms with Gasteiger partial charge in [-0.2, -0.15) is 0 Å². The minimum absolute atomic E-state index is 0.393. The van der Waals surface area contributed by atoms with Crippen molar-refractivity contribution in [1.82, 2.24) is 0 Å². The monoisotopic (exact) mass is 399 g/mol. The van der Waals surface area contributed by atoms with Crippen molar-refractivity contribution in [2.45, 2.75) is 19.6 Å². The van der Waals surface area contributed by atoms with E-state index in [-0.39, 0.29) is 0 Å². The molecule has 7 nitrogen and oxygen atoms in total. The molecular formula is C22H27N2O5+. The Balaban J connectivity index is 1.50. The van der Waals surface area contributed by atoms with Crippen LogP contribution in [0.4, 0.5) is 5.69 Å². The molecule has 0 saturated carbocycles. The molecule has 2 aromatic carbocycles. The predicted octanol–water partition coefficient (Wildman–Crippen LogP) is 1.29. The van der Waals surface area contributed by atoms with Crippen molar-refractivity contribution in [3.63, 3.8) is 0 Å². The Morgan fingerprint density at radius 3 is 2.34 bits per heavy atom. The Labute approximate surface area is 170 Å². The number of nitrogens with one attached hydrogen (secondary N) is 2. The zero-order chi connectivity index (χ0) is 20.6. The highest BCUT2D eigenvalue weighted by Gasteiger charge is 2.20. The summed E-state index contributed by atoms with van der Waals surface area (Å²) < 4.78 is 15.8. The topological polar surface area (TPSA) is 78.3 Å². The molecule has 0 unspecified atom stereocenters. The maximum absolute atomic E-state index is 12.4. The molecule has 2 aromatic rings. The smallest absolute Gasteiger partial charge is 0.338 e. The van der Waals surface area contributed by atoms with Crippen molar-refractivity contribution in [2.24, 2.45) is 0 Å². The molecule has 0 radical (unpaired) electrons. The van der Waals surface area contributed by atoms with E-state index in [1.54, 1.807) is 50.4 Å². The third-order valence-corrected chi connectivity index (χ3v) is 4.85. The first kappa shape index (κ1) is 20.8. The van der Waals surface area contributed by atoms with Gasteiger partial charge in [-0.3, -0.25) is 4.79 Å². The lowest BCUT2D eigenvalue weighted by atomic mass is 10.1. The Morgan fingerprint density at radius 1 is 1.07 bits per heavy atom. The van der Waals surface area contributed by atoms with Gasteiger partial charge in [-0.15, -0.1) is 0 Å². The summed E-state index contributed by atoms with van der Waals surface area (Å²) in [6.07, 6.45) is -0.915. The summed E-state index contributed by atoms with van der Waals surface area (Å²) in [5.74, 6) is -0.218. The number of morpholine rings is 1. The number of esters is 1. The summed E-state index contributed by atoms with van der Waals surface area (Å²) >= 11 is 0. The van der Waals surface area contributed by atoms with Crippen molar-refractivity contribution in [3.8, 4) is 5.75 Å². The van der Waals surface area contributed by atoms with Gasteiger partial charge < -0.3 is 24.4 Å². The summed E-state index contributed by atoms with van der Waals surface area (Å²) in [6, 6.07) is 14.3. The van der Waals surface area contributed by atoms with Crippen LogP contribution in [0.3, 0.4) is 0 Å². The normalized spacial score (nSPS) is 15.4. The molecule has 154 valence electrons. The molecule has 1 atom stereocenters. The SMILES string of the molecule is COc1ccc(NC(=O)[C@H](C)OC(=O)c2ccc(C[NH+]3CCOCC3)cc2)cc1. The van der Waals surface area contributed by atoms with Crippen LogP contribution in [-0.2, 0) is 20.8 Å². The third kappa shape index (κ3) is 6.04. The molecule has 0 spiro atoms. The van der Waals surface area contributed by atoms with Crippen molar-refractivity contribution < 1.29 is 28.7 Å². The number of rotatable bonds is 7. The summed E-state index contributed by atoms with van der Waals surface area (Å²) in [7, 11) is 1.57. The molecule has 0 aliphatic carbocycles. The van der Waals surface area contributed by atoms with E-state index in [2.05, 4.69) is 5.32 Å². The van der Waals surface area contributed by atoms with Crippen LogP contribution < -0.4 is 15.0 Å². The van der Waals surface area contributed by atoms with Gasteiger partial charge in [0, 0.05) is 11.3 Å². The zero-order valence-electron chi connectivity index (χ0n) is 16.8. The van der Waals surface area contributed by atoms with Crippen LogP contribution >= 0.6 is 0 Å². The molecule has 3 rings (SSSR count). The molecule has 1 heterocycles. The summed E-state index contributed by atoms with van der Waals surface area (Å²) in [4.78, 5) is 26.1. The average molecular weight is 399 g/mol. The van der Waals surface area contributed by atoms with Crippen molar-refractivity contribution in [1.29, 1.82) is 0 Å². The van der Waals surface area contributed by atoms with Gasteiger partial charge in [-0.1, -0.05) is 12.1 Å². The number of methoxy groups -OCH3 is 1. The second kappa shape index (κ2) is 10.0. The summed E-state index contributed by atoms with van der Waals surface area (Å²) in [5.41, 5.74) is 2.19. The second-order valence-corrected chi connectivity index (χ2v) is 7.00. The molecule has 1 aliphatic heterocycles. The Hall–Kier alpha value is -2.90. The Morgan fingerprint density at radius 2 is 1.72 bits per heavy atom. The van der Waals surface area contributed by atoms with E-state index in [1.807, 2.05) is 12.1 Å². The average Bonchev–Trinajstić information content (AvgIpc) is 2.75. The molecule has 29 heavy (non-hydrogen) atoms. The van der Waals surface area contributed by atoms with E-state index in [0.29, 0.717) is 17.0 Å². The number of anilines is 1. The fourth-order valence-electron chi connectivity index (χ4n) is 3.08. The lowest BCUT2D eigenvalue weighted by molar-refractivity contribution is -0.921. The van der Waals surface area contributed by atoms with Gasteiger partial charge in [0.15, 0.2) is 6.10 Å². The standard InChI is InChI=1S/C22H26N2O5/c1-16(21(25)23-19-7-9-20(27-2)10-8-19)29-22(26)18-5-3-17(4-6-18)15-24-11-13-28-14-12-24/h3-10,16H,11-15H2,1-2H3,(H,23,25)/p+1/t16-/m0/s1. The number of quaternary nitrogens is 1. The van der Waals surface area contributed by atoms with Crippen LogP contribution in [0, 0.1) is 0 Å². The second-order valence-electron chi connectivity index (χ2n) is 7.00. The van der Waals surface area contributed by atoms with Crippen molar-refractivity contribution >= 4 is 17.6 Å². The fourth-order valence-corrected chi connectivity index (χ4v) is 3.08. The maximum atomic E-state index is 12.4. The lowest BCUT2D eigenvalue weighted by Gasteiger charge is -2.23. The highest BCUT2D eigenvalue weighted by atomic mass is 16.5. The molecule has 1 saturated heterocycles. The van der Waals surface area contributed by atoms with E-state index in [0.717, 1.165) is 38.4 Å². The van der Waals surface area contributed by atoms with Crippen molar-refractivity contribution in [3.05, 3.63) is 59.7 Å². The molecular weight excluding hydrogens is 372 g/mol. The number of carbonyl (C=O) groups is 2. The molecule has 0 bridgehead atoms. The number of carbonyl (C=O) groups excluding carboxylic acids is 2. The molecule has 0 aromatic heterocycles. The van der Waals surface area contributed by atoms with Gasteiger partial charge in [-0.25, -0.2) is 4.79 Å². The largest absolute Gasteiger partial charge is 0.497 e. The van der Waals surface area contributed by atoms with E-state index in [1.165, 1.54) is 4.90 Å². The van der Waals surface area contributed by atoms with Crippen LogP contribution in [0.5, 0.6) is 5.75 Å². The van der Waals surface area contributed by atoms with Crippen LogP contribution in [0.1, 0.15) is 22.8 Å². The van der Waals surface area contributed by atoms with Gasteiger partial charge in [0.05, 0.1) is 25.9 Å². The van der Waals surface area contributed by atoms with Crippen LogP contribution in [0.15, 0.2) is 48.5 Å². The Bertz CT molecular complexity index is 814. The number of ether oxygens (including phenoxy) is 3. The van der Waals surface area contributed by atoms with Gasteiger partial charge in [0.1, 0.15) is 25.4 Å². The molecule has 1 aliphatic rings. The molecule has 1 amide bonds. The molecule has 1 fully saturated rings. The minimum atomic E-state index is -0.915. The number of amides is 1. The van der Waals surface area contributed by atoms with E-state index in [4.69, 9.17) is 14.2 Å². The van der Waals surface area contributed by atoms with Gasteiger partial charge >= 0.3 is 5.97 Å². The Kier molecular flexibility index (Phi) is 7.21. The predicted molar refractivity (Wildman–Crippen MR) is 108 cm³/mol. The highest BCUT2D eigenvalue weighted by molar-refractivity contribution is 5.97. The van der Waals surface area contributed by atoms with Gasteiger partial charge in [0.2, 0.25) is 0 Å². The first-order valence-electron chi connectivity index (χ1n) is 9.71. The van der Waals surface area contributed by atoms with E-state index < -0.39 is 18.0 Å². The molecule has 7 heteroatoms. The highest BCUT2D eigenvalue weighted by Crippen LogP contribution is 2.15. The van der Waals surface area contributed by atoms with E-state index >= 15 is 0 Å².